The van der Waals surface area contributed by atoms with Gasteiger partial charge in [0.1, 0.15) is 5.01 Å². The number of urea groups is 1. The molecule has 1 heterocycles. The van der Waals surface area contributed by atoms with E-state index in [1.54, 1.807) is 18.4 Å². The summed E-state index contributed by atoms with van der Waals surface area (Å²) in [4.78, 5) is 17.8. The SMILES string of the molecule is COCC(O)CN(C)C(=O)NCc1nc2ccccc2s1. The van der Waals surface area contributed by atoms with Gasteiger partial charge in [0.2, 0.25) is 0 Å². The molecule has 0 aliphatic heterocycles. The monoisotopic (exact) mass is 309 g/mol. The first-order chi connectivity index (χ1) is 10.1. The number of rotatable bonds is 6. The number of hydrogen-bond donors (Lipinski definition) is 2. The van der Waals surface area contributed by atoms with Crippen molar-refractivity contribution in [2.75, 3.05) is 27.3 Å². The molecule has 7 heteroatoms. The summed E-state index contributed by atoms with van der Waals surface area (Å²) in [6, 6.07) is 7.61. The van der Waals surface area contributed by atoms with Crippen molar-refractivity contribution in [3.05, 3.63) is 29.3 Å². The second-order valence-electron chi connectivity index (χ2n) is 4.72. The number of ether oxygens (including phenoxy) is 1. The lowest BCUT2D eigenvalue weighted by molar-refractivity contribution is 0.0489. The molecule has 2 amide bonds. The molecule has 0 saturated carbocycles. The number of methoxy groups -OCH3 is 1. The lowest BCUT2D eigenvalue weighted by atomic mass is 10.3. The maximum atomic E-state index is 11.9. The minimum absolute atomic E-state index is 0.204. The van der Waals surface area contributed by atoms with Crippen LogP contribution < -0.4 is 5.32 Å². The molecule has 6 nitrogen and oxygen atoms in total. The third-order valence-corrected chi connectivity index (χ3v) is 3.96. The molecule has 0 saturated heterocycles. The first kappa shape index (κ1) is 15.7. The Hall–Kier alpha value is -1.70. The van der Waals surface area contributed by atoms with Crippen LogP contribution >= 0.6 is 11.3 Å². The van der Waals surface area contributed by atoms with Crippen molar-refractivity contribution in [1.29, 1.82) is 0 Å². The quantitative estimate of drug-likeness (QED) is 0.847. The molecule has 2 N–H and O–H groups in total. The number of para-hydroxylation sites is 1. The summed E-state index contributed by atoms with van der Waals surface area (Å²) >= 11 is 1.56. The highest BCUT2D eigenvalue weighted by atomic mass is 32.1. The van der Waals surface area contributed by atoms with E-state index in [0.717, 1.165) is 15.2 Å². The van der Waals surface area contributed by atoms with Crippen LogP contribution in [-0.2, 0) is 11.3 Å². The number of carbonyl (C=O) groups excluding carboxylic acids is 1. The molecule has 21 heavy (non-hydrogen) atoms. The zero-order valence-corrected chi connectivity index (χ0v) is 12.9. The van der Waals surface area contributed by atoms with E-state index in [2.05, 4.69) is 10.3 Å². The fourth-order valence-electron chi connectivity index (χ4n) is 1.93. The first-order valence-corrected chi connectivity index (χ1v) is 7.42. The van der Waals surface area contributed by atoms with Crippen molar-refractivity contribution in [3.63, 3.8) is 0 Å². The molecule has 0 spiro atoms. The van der Waals surface area contributed by atoms with Crippen LogP contribution in [-0.4, -0.2) is 54.4 Å². The summed E-state index contributed by atoms with van der Waals surface area (Å²) in [5.41, 5.74) is 0.940. The zero-order valence-electron chi connectivity index (χ0n) is 12.1. The van der Waals surface area contributed by atoms with Crippen LogP contribution in [0.3, 0.4) is 0 Å². The highest BCUT2D eigenvalue weighted by Gasteiger charge is 2.13. The number of aromatic nitrogens is 1. The van der Waals surface area contributed by atoms with Crippen LogP contribution in [0.25, 0.3) is 10.2 Å². The van der Waals surface area contributed by atoms with Gasteiger partial charge in [0.15, 0.2) is 0 Å². The van der Waals surface area contributed by atoms with E-state index in [1.165, 1.54) is 12.0 Å². The minimum atomic E-state index is -0.687. The number of hydrogen-bond acceptors (Lipinski definition) is 5. The molecule has 0 radical (unpaired) electrons. The van der Waals surface area contributed by atoms with Gasteiger partial charge in [-0.3, -0.25) is 0 Å². The number of likely N-dealkylation sites (N-methyl/N-ethyl adjacent to an activating group) is 1. The molecule has 0 bridgehead atoms. The summed E-state index contributed by atoms with van der Waals surface area (Å²) in [5.74, 6) is 0. The Balaban J connectivity index is 1.85. The molecule has 1 aromatic heterocycles. The van der Waals surface area contributed by atoms with Gasteiger partial charge in [0, 0.05) is 14.2 Å². The molecule has 1 unspecified atom stereocenters. The largest absolute Gasteiger partial charge is 0.389 e. The van der Waals surface area contributed by atoms with E-state index in [4.69, 9.17) is 4.74 Å². The van der Waals surface area contributed by atoms with E-state index in [0.29, 0.717) is 6.54 Å². The maximum Gasteiger partial charge on any atom is 0.317 e. The highest BCUT2D eigenvalue weighted by Crippen LogP contribution is 2.21. The summed E-state index contributed by atoms with van der Waals surface area (Å²) in [6.45, 7) is 0.803. The van der Waals surface area contributed by atoms with Crippen LogP contribution in [0.15, 0.2) is 24.3 Å². The highest BCUT2D eigenvalue weighted by molar-refractivity contribution is 7.18. The number of nitrogens with zero attached hydrogens (tertiary/aromatic N) is 2. The number of amides is 2. The van der Waals surface area contributed by atoms with Gasteiger partial charge in [-0.2, -0.15) is 0 Å². The lowest BCUT2D eigenvalue weighted by Gasteiger charge is -2.20. The number of nitrogens with one attached hydrogen (secondary N) is 1. The second kappa shape index (κ2) is 7.35. The van der Waals surface area contributed by atoms with Crippen LogP contribution in [0.5, 0.6) is 0 Å². The Bertz CT molecular complexity index is 569. The van der Waals surface area contributed by atoms with Gasteiger partial charge in [-0.1, -0.05) is 12.1 Å². The molecule has 0 fully saturated rings. The molecule has 0 aliphatic carbocycles. The van der Waals surface area contributed by atoms with E-state index in [9.17, 15) is 9.90 Å². The molecule has 2 rings (SSSR count). The Morgan fingerprint density at radius 2 is 2.29 bits per heavy atom. The van der Waals surface area contributed by atoms with Crippen molar-refractivity contribution in [2.45, 2.75) is 12.6 Å². The molecule has 1 aromatic carbocycles. The van der Waals surface area contributed by atoms with E-state index < -0.39 is 6.10 Å². The molecular weight excluding hydrogens is 290 g/mol. The van der Waals surface area contributed by atoms with Gasteiger partial charge in [-0.25, -0.2) is 9.78 Å². The fraction of sp³-hybridized carbons (Fsp3) is 0.429. The van der Waals surface area contributed by atoms with Crippen LogP contribution in [0.1, 0.15) is 5.01 Å². The Labute approximate surface area is 127 Å². The standard InChI is InChI=1S/C14H19N3O3S/c1-17(8-10(18)9-20-2)14(19)15-7-13-16-11-5-3-4-6-12(11)21-13/h3-6,10,18H,7-9H2,1-2H3,(H,15,19). The number of fused-ring (bicyclic) bond motifs is 1. The predicted octanol–water partition coefficient (Wildman–Crippen LogP) is 1.44. The van der Waals surface area contributed by atoms with Crippen molar-refractivity contribution < 1.29 is 14.6 Å². The molecular formula is C14H19N3O3S. The third-order valence-electron chi connectivity index (χ3n) is 2.92. The van der Waals surface area contributed by atoms with Gasteiger partial charge in [-0.15, -0.1) is 11.3 Å². The van der Waals surface area contributed by atoms with E-state index in [-0.39, 0.29) is 19.2 Å². The molecule has 114 valence electrons. The summed E-state index contributed by atoms with van der Waals surface area (Å²) < 4.78 is 5.93. The van der Waals surface area contributed by atoms with Gasteiger partial charge >= 0.3 is 6.03 Å². The average molecular weight is 309 g/mol. The Morgan fingerprint density at radius 3 is 3.00 bits per heavy atom. The lowest BCUT2D eigenvalue weighted by Crippen LogP contribution is -2.42. The summed E-state index contributed by atoms with van der Waals surface area (Å²) in [5, 5.41) is 13.2. The second-order valence-corrected chi connectivity index (χ2v) is 5.84. The number of carbonyl (C=O) groups is 1. The van der Waals surface area contributed by atoms with Crippen molar-refractivity contribution in [1.82, 2.24) is 15.2 Å². The summed E-state index contributed by atoms with van der Waals surface area (Å²) in [7, 11) is 3.14. The van der Waals surface area contributed by atoms with Crippen molar-refractivity contribution in [2.24, 2.45) is 0 Å². The molecule has 1 atom stereocenters. The number of thiazole rings is 1. The number of aliphatic hydroxyl groups excluding tert-OH is 1. The van der Waals surface area contributed by atoms with Crippen LogP contribution in [0, 0.1) is 0 Å². The first-order valence-electron chi connectivity index (χ1n) is 6.60. The van der Waals surface area contributed by atoms with E-state index >= 15 is 0 Å². The van der Waals surface area contributed by atoms with Crippen LogP contribution in [0.2, 0.25) is 0 Å². The van der Waals surface area contributed by atoms with Gasteiger partial charge < -0.3 is 20.1 Å². The maximum absolute atomic E-state index is 11.9. The topological polar surface area (TPSA) is 74.7 Å². The van der Waals surface area contributed by atoms with Gasteiger partial charge in [-0.05, 0) is 12.1 Å². The van der Waals surface area contributed by atoms with E-state index in [1.807, 2.05) is 24.3 Å². The minimum Gasteiger partial charge on any atom is -0.389 e. The third kappa shape index (κ3) is 4.38. The molecule has 0 aliphatic rings. The Morgan fingerprint density at radius 1 is 1.52 bits per heavy atom. The smallest absolute Gasteiger partial charge is 0.317 e. The van der Waals surface area contributed by atoms with Crippen LogP contribution in [0.4, 0.5) is 4.79 Å². The number of benzene rings is 1. The zero-order chi connectivity index (χ0) is 15.2. The predicted molar refractivity (Wildman–Crippen MR) is 82.4 cm³/mol. The Kier molecular flexibility index (Phi) is 5.49. The summed E-state index contributed by atoms with van der Waals surface area (Å²) in [6.07, 6.45) is -0.687. The van der Waals surface area contributed by atoms with Crippen molar-refractivity contribution >= 4 is 27.6 Å². The van der Waals surface area contributed by atoms with Gasteiger partial charge in [0.05, 0.1) is 36.0 Å². The fourth-order valence-corrected chi connectivity index (χ4v) is 2.83. The number of aliphatic hydroxyl groups is 1. The normalized spacial score (nSPS) is 12.3. The van der Waals surface area contributed by atoms with Crippen molar-refractivity contribution in [3.8, 4) is 0 Å². The molecule has 2 aromatic rings. The average Bonchev–Trinajstić information content (AvgIpc) is 2.87. The van der Waals surface area contributed by atoms with Gasteiger partial charge in [0.25, 0.3) is 0 Å².